The summed E-state index contributed by atoms with van der Waals surface area (Å²) in [6.07, 6.45) is 5.30. The minimum Gasteiger partial charge on any atom is -0.326 e. The Hall–Kier alpha value is -1.35. The topological polar surface area (TPSA) is 41.1 Å². The molecule has 1 saturated heterocycles. The second-order valence-corrected chi connectivity index (χ2v) is 6.43. The number of para-hydroxylation sites is 1. The molecule has 116 valence electrons. The quantitative estimate of drug-likeness (QED) is 0.860. The molecule has 0 saturated carbocycles. The van der Waals surface area contributed by atoms with Gasteiger partial charge in [-0.15, -0.1) is 0 Å². The Balaban J connectivity index is 1.93. The average molecular weight is 288 g/mol. The summed E-state index contributed by atoms with van der Waals surface area (Å²) in [5, 5.41) is 6.63. The molecule has 0 spiro atoms. The van der Waals surface area contributed by atoms with Gasteiger partial charge in [-0.1, -0.05) is 38.5 Å². The number of hydrogen-bond donors (Lipinski definition) is 2. The Labute approximate surface area is 128 Å². The Morgan fingerprint density at radius 2 is 2.19 bits per heavy atom. The SMILES string of the molecule is Cc1cccc(C(C)C)c1NC(=O)CCC1CCCCN1. The van der Waals surface area contributed by atoms with E-state index in [9.17, 15) is 4.79 Å². The summed E-state index contributed by atoms with van der Waals surface area (Å²) in [4.78, 5) is 12.2. The molecule has 21 heavy (non-hydrogen) atoms. The molecule has 1 aliphatic rings. The summed E-state index contributed by atoms with van der Waals surface area (Å²) in [5.74, 6) is 0.554. The first kappa shape index (κ1) is 16.0. The van der Waals surface area contributed by atoms with Gasteiger partial charge in [-0.25, -0.2) is 0 Å². The van der Waals surface area contributed by atoms with Crippen LogP contribution in [0.5, 0.6) is 0 Å². The maximum absolute atomic E-state index is 12.2. The van der Waals surface area contributed by atoms with Crippen molar-refractivity contribution in [1.82, 2.24) is 5.32 Å². The first-order chi connectivity index (χ1) is 10.1. The van der Waals surface area contributed by atoms with Crippen molar-refractivity contribution in [3.05, 3.63) is 29.3 Å². The van der Waals surface area contributed by atoms with Crippen LogP contribution in [0.25, 0.3) is 0 Å². The third-order valence-electron chi connectivity index (χ3n) is 4.32. The number of aryl methyl sites for hydroxylation is 1. The molecule has 0 aliphatic carbocycles. The number of nitrogens with one attached hydrogen (secondary N) is 2. The van der Waals surface area contributed by atoms with Gasteiger partial charge in [-0.2, -0.15) is 0 Å². The summed E-state index contributed by atoms with van der Waals surface area (Å²) in [6.45, 7) is 7.48. The molecule has 1 aromatic rings. The van der Waals surface area contributed by atoms with Crippen molar-refractivity contribution < 1.29 is 4.79 Å². The molecule has 2 N–H and O–H groups in total. The van der Waals surface area contributed by atoms with Crippen LogP contribution in [0.4, 0.5) is 5.69 Å². The van der Waals surface area contributed by atoms with E-state index in [4.69, 9.17) is 0 Å². The van der Waals surface area contributed by atoms with Crippen LogP contribution in [0.1, 0.15) is 63.0 Å². The Morgan fingerprint density at radius 1 is 1.38 bits per heavy atom. The van der Waals surface area contributed by atoms with E-state index in [1.165, 1.54) is 24.8 Å². The van der Waals surface area contributed by atoms with Crippen LogP contribution in [-0.2, 0) is 4.79 Å². The number of carbonyl (C=O) groups is 1. The summed E-state index contributed by atoms with van der Waals surface area (Å²) in [5.41, 5.74) is 3.37. The van der Waals surface area contributed by atoms with E-state index in [1.54, 1.807) is 0 Å². The number of piperidine rings is 1. The zero-order chi connectivity index (χ0) is 15.2. The number of anilines is 1. The minimum atomic E-state index is 0.138. The van der Waals surface area contributed by atoms with Gasteiger partial charge >= 0.3 is 0 Å². The first-order valence-corrected chi connectivity index (χ1v) is 8.20. The Bertz CT molecular complexity index is 476. The van der Waals surface area contributed by atoms with Crippen LogP contribution in [-0.4, -0.2) is 18.5 Å². The molecule has 3 nitrogen and oxygen atoms in total. The summed E-state index contributed by atoms with van der Waals surface area (Å²) in [6, 6.07) is 6.75. The molecule has 1 unspecified atom stereocenters. The van der Waals surface area contributed by atoms with E-state index >= 15 is 0 Å². The molecule has 1 aliphatic heterocycles. The fourth-order valence-electron chi connectivity index (χ4n) is 3.02. The normalized spacial score (nSPS) is 18.8. The molecule has 3 heteroatoms. The monoisotopic (exact) mass is 288 g/mol. The highest BCUT2D eigenvalue weighted by Crippen LogP contribution is 2.27. The van der Waals surface area contributed by atoms with E-state index in [0.717, 1.165) is 24.2 Å². The van der Waals surface area contributed by atoms with Crippen LogP contribution < -0.4 is 10.6 Å². The summed E-state index contributed by atoms with van der Waals surface area (Å²) < 4.78 is 0. The number of carbonyl (C=O) groups excluding carboxylic acids is 1. The third-order valence-corrected chi connectivity index (χ3v) is 4.32. The van der Waals surface area contributed by atoms with Gasteiger partial charge in [0, 0.05) is 18.2 Å². The number of rotatable bonds is 5. The maximum Gasteiger partial charge on any atom is 0.224 e. The Kier molecular flexibility index (Phi) is 5.80. The largest absolute Gasteiger partial charge is 0.326 e. The number of benzene rings is 1. The number of amides is 1. The molecule has 1 atom stereocenters. The van der Waals surface area contributed by atoms with Gasteiger partial charge in [0.25, 0.3) is 0 Å². The molecule has 2 rings (SSSR count). The fourth-order valence-corrected chi connectivity index (χ4v) is 3.02. The van der Waals surface area contributed by atoms with Crippen LogP contribution in [0.3, 0.4) is 0 Å². The molecule has 0 aromatic heterocycles. The van der Waals surface area contributed by atoms with Crippen molar-refractivity contribution in [2.45, 2.75) is 64.8 Å². The molecule has 0 radical (unpaired) electrons. The van der Waals surface area contributed by atoms with Crippen molar-refractivity contribution in [1.29, 1.82) is 0 Å². The smallest absolute Gasteiger partial charge is 0.224 e. The highest BCUT2D eigenvalue weighted by atomic mass is 16.1. The van der Waals surface area contributed by atoms with E-state index in [2.05, 4.69) is 49.6 Å². The standard InChI is InChI=1S/C18H28N2O/c1-13(2)16-9-6-7-14(3)18(16)20-17(21)11-10-15-8-4-5-12-19-15/h6-7,9,13,15,19H,4-5,8,10-12H2,1-3H3,(H,20,21). The zero-order valence-corrected chi connectivity index (χ0v) is 13.5. The zero-order valence-electron chi connectivity index (χ0n) is 13.5. The van der Waals surface area contributed by atoms with Crippen molar-refractivity contribution >= 4 is 11.6 Å². The van der Waals surface area contributed by atoms with E-state index in [0.29, 0.717) is 18.4 Å². The molecular weight excluding hydrogens is 260 g/mol. The highest BCUT2D eigenvalue weighted by Gasteiger charge is 2.16. The Morgan fingerprint density at radius 3 is 2.86 bits per heavy atom. The minimum absolute atomic E-state index is 0.138. The summed E-state index contributed by atoms with van der Waals surface area (Å²) in [7, 11) is 0. The molecular formula is C18H28N2O. The van der Waals surface area contributed by atoms with Crippen molar-refractivity contribution in [2.24, 2.45) is 0 Å². The lowest BCUT2D eigenvalue weighted by molar-refractivity contribution is -0.116. The van der Waals surface area contributed by atoms with Crippen molar-refractivity contribution in [3.8, 4) is 0 Å². The van der Waals surface area contributed by atoms with Gasteiger partial charge in [0.1, 0.15) is 0 Å². The fraction of sp³-hybridized carbons (Fsp3) is 0.611. The molecule has 0 bridgehead atoms. The maximum atomic E-state index is 12.2. The van der Waals surface area contributed by atoms with E-state index < -0.39 is 0 Å². The predicted molar refractivity (Wildman–Crippen MR) is 88.8 cm³/mol. The van der Waals surface area contributed by atoms with Gasteiger partial charge < -0.3 is 10.6 Å². The lowest BCUT2D eigenvalue weighted by Gasteiger charge is -2.23. The van der Waals surface area contributed by atoms with Crippen LogP contribution >= 0.6 is 0 Å². The van der Waals surface area contributed by atoms with Crippen molar-refractivity contribution in [2.75, 3.05) is 11.9 Å². The molecule has 1 aromatic carbocycles. The third kappa shape index (κ3) is 4.57. The first-order valence-electron chi connectivity index (χ1n) is 8.20. The van der Waals surface area contributed by atoms with Crippen LogP contribution in [0.2, 0.25) is 0 Å². The van der Waals surface area contributed by atoms with Gasteiger partial charge in [0.05, 0.1) is 0 Å². The lowest BCUT2D eigenvalue weighted by Crippen LogP contribution is -2.34. The molecule has 1 fully saturated rings. The van der Waals surface area contributed by atoms with E-state index in [-0.39, 0.29) is 5.91 Å². The second-order valence-electron chi connectivity index (χ2n) is 6.43. The predicted octanol–water partition coefficient (Wildman–Crippen LogP) is 3.98. The second kappa shape index (κ2) is 7.60. The molecule has 1 amide bonds. The van der Waals surface area contributed by atoms with E-state index in [1.807, 2.05) is 0 Å². The number of hydrogen-bond acceptors (Lipinski definition) is 2. The summed E-state index contributed by atoms with van der Waals surface area (Å²) >= 11 is 0. The average Bonchev–Trinajstić information content (AvgIpc) is 2.48. The van der Waals surface area contributed by atoms with Gasteiger partial charge in [0.15, 0.2) is 0 Å². The highest BCUT2D eigenvalue weighted by molar-refractivity contribution is 5.92. The van der Waals surface area contributed by atoms with Gasteiger partial charge in [0.2, 0.25) is 5.91 Å². The van der Waals surface area contributed by atoms with Gasteiger partial charge in [-0.05, 0) is 49.8 Å². The van der Waals surface area contributed by atoms with Crippen LogP contribution in [0.15, 0.2) is 18.2 Å². The lowest BCUT2D eigenvalue weighted by atomic mass is 9.97. The van der Waals surface area contributed by atoms with Crippen molar-refractivity contribution in [3.63, 3.8) is 0 Å². The molecule has 1 heterocycles. The van der Waals surface area contributed by atoms with Gasteiger partial charge in [-0.3, -0.25) is 4.79 Å². The van der Waals surface area contributed by atoms with Crippen LogP contribution in [0, 0.1) is 6.92 Å².